The van der Waals surface area contributed by atoms with E-state index in [-0.39, 0.29) is 18.0 Å². The van der Waals surface area contributed by atoms with Crippen LogP contribution in [0, 0.1) is 0 Å². The van der Waals surface area contributed by atoms with Crippen molar-refractivity contribution in [3.05, 3.63) is 57.6 Å². The number of halogens is 3. The Kier molecular flexibility index (Phi) is 7.68. The molecule has 2 aliphatic rings. The molecule has 2 aromatic heterocycles. The quantitative estimate of drug-likeness (QED) is 0.398. The summed E-state index contributed by atoms with van der Waals surface area (Å²) in [6.45, 7) is 5.25. The Morgan fingerprint density at radius 3 is 2.37 bits per heavy atom. The molecule has 5 rings (SSSR count). The molecular weight excluding hydrogens is 453 g/mol. The summed E-state index contributed by atoms with van der Waals surface area (Å²) in [7, 11) is 0. The van der Waals surface area contributed by atoms with Crippen molar-refractivity contribution >= 4 is 52.1 Å². The molecule has 0 saturated carbocycles. The van der Waals surface area contributed by atoms with E-state index in [4.69, 9.17) is 49.0 Å². The third-order valence-corrected chi connectivity index (χ3v) is 5.27. The maximum Gasteiger partial charge on any atom is 0.163 e. The largest absolute Gasteiger partial charge is 0.376 e. The monoisotopic (exact) mass is 471 g/mol. The molecule has 0 spiro atoms. The Hall–Kier alpha value is -1.74. The molecule has 0 bridgehead atoms. The van der Waals surface area contributed by atoms with Gasteiger partial charge in [0.25, 0.3) is 0 Å². The summed E-state index contributed by atoms with van der Waals surface area (Å²) in [5.74, 6) is -0.390. The molecule has 3 aromatic rings. The smallest absolute Gasteiger partial charge is 0.163 e. The van der Waals surface area contributed by atoms with E-state index in [0.29, 0.717) is 34.0 Å². The second-order valence-electron chi connectivity index (χ2n) is 6.95. The van der Waals surface area contributed by atoms with Crippen molar-refractivity contribution in [1.29, 1.82) is 0 Å². The van der Waals surface area contributed by atoms with Crippen molar-refractivity contribution in [2.45, 2.75) is 31.8 Å². The van der Waals surface area contributed by atoms with Gasteiger partial charge in [0, 0.05) is 11.8 Å². The van der Waals surface area contributed by atoms with E-state index < -0.39 is 0 Å². The minimum atomic E-state index is -0.390. The second-order valence-corrected chi connectivity index (χ2v) is 8.12. The summed E-state index contributed by atoms with van der Waals surface area (Å²) >= 11 is 16.9. The van der Waals surface area contributed by atoms with Crippen molar-refractivity contribution in [2.24, 2.45) is 0 Å². The van der Waals surface area contributed by atoms with Crippen LogP contribution in [-0.4, -0.2) is 52.4 Å². The number of fused-ring (bicyclic) bond motifs is 2. The van der Waals surface area contributed by atoms with Gasteiger partial charge in [0.05, 0.1) is 28.6 Å². The van der Waals surface area contributed by atoms with E-state index in [1.165, 1.54) is 12.4 Å². The fraction of sp³-hybridized carbons (Fsp3) is 0.350. The van der Waals surface area contributed by atoms with Crippen LogP contribution in [0.2, 0.25) is 15.2 Å². The predicted octanol–water partition coefficient (Wildman–Crippen LogP) is 4.95. The molecule has 2 saturated heterocycles. The highest BCUT2D eigenvalue weighted by Crippen LogP contribution is 2.31. The van der Waals surface area contributed by atoms with Gasteiger partial charge in [-0.3, -0.25) is 4.79 Å². The minimum absolute atomic E-state index is 0.176. The molecule has 2 atom stereocenters. The van der Waals surface area contributed by atoms with Crippen molar-refractivity contribution in [2.75, 3.05) is 13.2 Å². The maximum absolute atomic E-state index is 10.2. The van der Waals surface area contributed by atoms with Crippen molar-refractivity contribution < 1.29 is 19.0 Å². The molecule has 160 valence electrons. The Bertz CT molecular complexity index is 998. The molecule has 4 heterocycles. The highest BCUT2D eigenvalue weighted by atomic mass is 35.5. The summed E-state index contributed by atoms with van der Waals surface area (Å²) in [5, 5.41) is 2.23. The molecule has 7 nitrogen and oxygen atoms in total. The zero-order valence-corrected chi connectivity index (χ0v) is 18.5. The Balaban J connectivity index is 0.000000128. The molecule has 0 aliphatic carbocycles. The van der Waals surface area contributed by atoms with E-state index in [0.717, 1.165) is 17.3 Å². The summed E-state index contributed by atoms with van der Waals surface area (Å²) < 4.78 is 16.2. The van der Waals surface area contributed by atoms with Crippen molar-refractivity contribution in [3.63, 3.8) is 0 Å². The Labute approximate surface area is 188 Å². The van der Waals surface area contributed by atoms with Crippen LogP contribution in [-0.2, 0) is 14.2 Å². The lowest BCUT2D eigenvalue weighted by Gasteiger charge is -2.17. The van der Waals surface area contributed by atoms with Gasteiger partial charge >= 0.3 is 0 Å². The normalized spacial score (nSPS) is 21.2. The highest BCUT2D eigenvalue weighted by Gasteiger charge is 2.44. The number of ether oxygens (including phenoxy) is 3. The molecule has 1 N–H and O–H groups in total. The van der Waals surface area contributed by atoms with Crippen molar-refractivity contribution in [3.8, 4) is 0 Å². The first-order valence-corrected chi connectivity index (χ1v) is 10.2. The molecule has 1 aromatic carbocycles. The van der Waals surface area contributed by atoms with Crippen LogP contribution < -0.4 is 0 Å². The second kappa shape index (κ2) is 10.0. The molecule has 0 radical (unpaired) electrons. The Morgan fingerprint density at radius 2 is 1.77 bits per heavy atom. The average Bonchev–Trinajstić information content (AvgIpc) is 3.40. The number of aldehydes is 1. The van der Waals surface area contributed by atoms with Crippen LogP contribution in [0.5, 0.6) is 0 Å². The fourth-order valence-electron chi connectivity index (χ4n) is 2.92. The number of aromatic amines is 1. The number of carbonyl (C=O) groups excluding carboxylic acids is 1. The molecule has 2 unspecified atom stereocenters. The van der Waals surface area contributed by atoms with Gasteiger partial charge in [-0.25, -0.2) is 9.97 Å². The topological polar surface area (TPSA) is 86.3 Å². The first-order valence-electron chi connectivity index (χ1n) is 9.06. The van der Waals surface area contributed by atoms with Gasteiger partial charge in [0.15, 0.2) is 5.79 Å². The van der Waals surface area contributed by atoms with E-state index in [2.05, 4.69) is 15.0 Å². The minimum Gasteiger partial charge on any atom is -0.376 e. The number of nitrogens with one attached hydrogen (secondary N) is 1. The van der Waals surface area contributed by atoms with Gasteiger partial charge in [-0.1, -0.05) is 40.9 Å². The maximum atomic E-state index is 10.2. The highest BCUT2D eigenvalue weighted by molar-refractivity contribution is 6.42. The van der Waals surface area contributed by atoms with Gasteiger partial charge in [0.2, 0.25) is 0 Å². The van der Waals surface area contributed by atoms with Crippen molar-refractivity contribution in [1.82, 2.24) is 15.0 Å². The molecule has 2 fully saturated rings. The zero-order chi connectivity index (χ0) is 21.7. The Morgan fingerprint density at radius 1 is 1.07 bits per heavy atom. The van der Waals surface area contributed by atoms with Crippen LogP contribution in [0.3, 0.4) is 0 Å². The number of nitrogens with zero attached hydrogens (tertiary/aromatic N) is 2. The van der Waals surface area contributed by atoms with E-state index in [9.17, 15) is 4.79 Å². The third-order valence-electron chi connectivity index (χ3n) is 4.23. The summed E-state index contributed by atoms with van der Waals surface area (Å²) in [5.41, 5.74) is 1.31. The molecule has 10 heteroatoms. The number of hydrogen-bond acceptors (Lipinski definition) is 6. The number of carbonyl (C=O) groups is 1. The van der Waals surface area contributed by atoms with E-state index in [1.807, 2.05) is 19.9 Å². The van der Waals surface area contributed by atoms with Gasteiger partial charge in [-0.15, -0.1) is 0 Å². The zero-order valence-electron chi connectivity index (χ0n) is 16.3. The number of benzene rings is 1. The van der Waals surface area contributed by atoms with Gasteiger partial charge in [0.1, 0.15) is 35.6 Å². The van der Waals surface area contributed by atoms with Crippen LogP contribution in [0.4, 0.5) is 0 Å². The summed E-state index contributed by atoms with van der Waals surface area (Å²) in [6, 6.07) is 6.57. The van der Waals surface area contributed by atoms with Crippen LogP contribution >= 0.6 is 34.8 Å². The third kappa shape index (κ3) is 5.91. The molecule has 2 aliphatic heterocycles. The fourth-order valence-corrected chi connectivity index (χ4v) is 3.42. The predicted molar refractivity (Wildman–Crippen MR) is 115 cm³/mol. The van der Waals surface area contributed by atoms with Gasteiger partial charge in [-0.05, 0) is 32.0 Å². The lowest BCUT2D eigenvalue weighted by Crippen LogP contribution is -2.23. The summed E-state index contributed by atoms with van der Waals surface area (Å²) in [6.07, 6.45) is 4.29. The average molecular weight is 473 g/mol. The number of hydrogen-bond donors (Lipinski definition) is 1. The van der Waals surface area contributed by atoms with Crippen LogP contribution in [0.15, 0.2) is 36.8 Å². The van der Waals surface area contributed by atoms with E-state index in [1.54, 1.807) is 18.3 Å². The number of rotatable bonds is 1. The van der Waals surface area contributed by atoms with Gasteiger partial charge < -0.3 is 19.2 Å². The first-order chi connectivity index (χ1) is 14.3. The lowest BCUT2D eigenvalue weighted by molar-refractivity contribution is -0.164. The summed E-state index contributed by atoms with van der Waals surface area (Å²) in [4.78, 5) is 20.9. The standard InChI is InChI=1S/C7H4Cl2O.C7H12O3.C6H4ClN3/c8-6-2-1-5(4-10)3-7(6)9;1-7(2)9-5-3-8-4-6(5)10-7;7-5-4-1-2-8-6(4)10-3-9-5/h1-4H;5-6H,3-4H2,1-2H3;1-3H,(H,8,9,10). The van der Waals surface area contributed by atoms with Crippen LogP contribution in [0.25, 0.3) is 11.0 Å². The van der Waals surface area contributed by atoms with Crippen LogP contribution in [0.1, 0.15) is 24.2 Å². The first kappa shape index (κ1) is 22.9. The molecule has 30 heavy (non-hydrogen) atoms. The van der Waals surface area contributed by atoms with Gasteiger partial charge in [-0.2, -0.15) is 0 Å². The molecule has 0 amide bonds. The number of H-pyrrole nitrogens is 1. The lowest BCUT2D eigenvalue weighted by atomic mass is 10.2. The molecular formula is C20H20Cl3N3O4. The number of aromatic nitrogens is 3. The van der Waals surface area contributed by atoms with E-state index >= 15 is 0 Å². The SMILES string of the molecule is CC1(C)OC2COCC2O1.Clc1ncnc2[nH]ccc12.O=Cc1ccc(Cl)c(Cl)c1.